The van der Waals surface area contributed by atoms with Crippen molar-refractivity contribution in [2.45, 2.75) is 41.5 Å². The number of hydrogen-bond donors (Lipinski definition) is 2. The van der Waals surface area contributed by atoms with Crippen LogP contribution in [0.5, 0.6) is 11.5 Å². The molecule has 10 aromatic rings. The van der Waals surface area contributed by atoms with Gasteiger partial charge in [0.1, 0.15) is 11.5 Å². The average Bonchev–Trinajstić information content (AvgIpc) is 3.83. The molecular weight excluding hydrogens is 1010 g/mol. The molecule has 0 aliphatic heterocycles. The van der Waals surface area contributed by atoms with E-state index in [9.17, 15) is 10.2 Å². The Hall–Kier alpha value is -7.41. The first-order chi connectivity index (χ1) is 32.9. The molecule has 2 N–H and O–H groups in total. The fourth-order valence-electron chi connectivity index (χ4n) is 9.90. The van der Waals surface area contributed by atoms with Crippen molar-refractivity contribution in [2.24, 2.45) is 15.4 Å². The predicted octanol–water partition coefficient (Wildman–Crippen LogP) is 14.2. The topological polar surface area (TPSA) is 109 Å². The van der Waals surface area contributed by atoms with Crippen molar-refractivity contribution in [3.05, 3.63) is 191 Å². The molecular formula is C59H52N4O4W. The molecule has 0 saturated heterocycles. The van der Waals surface area contributed by atoms with Gasteiger partial charge in [0.15, 0.2) is 0 Å². The first kappa shape index (κ1) is 45.7. The van der Waals surface area contributed by atoms with Crippen LogP contribution in [0.2, 0.25) is 0 Å². The molecule has 0 unspecified atom stereocenters. The van der Waals surface area contributed by atoms with Crippen LogP contribution >= 0.6 is 0 Å². The van der Waals surface area contributed by atoms with Crippen molar-refractivity contribution >= 4 is 56.0 Å². The van der Waals surface area contributed by atoms with Gasteiger partial charge in [-0.25, -0.2) is 0 Å². The number of nitrogens with zero attached hydrogens (tertiary/aromatic N) is 4. The summed E-state index contributed by atoms with van der Waals surface area (Å²) in [6.07, 6.45) is 3.50. The first-order valence-electron chi connectivity index (χ1n) is 22.7. The molecule has 0 aliphatic rings. The second-order valence-electron chi connectivity index (χ2n) is 18.4. The molecule has 8 nitrogen and oxygen atoms in total. The van der Waals surface area contributed by atoms with Gasteiger partial charge < -0.3 is 19.3 Å². The number of para-hydroxylation sites is 4. The fourth-order valence-corrected chi connectivity index (χ4v) is 9.90. The van der Waals surface area contributed by atoms with E-state index in [0.717, 1.165) is 55.9 Å². The number of phenols is 2. The number of hydrogen-bond acceptors (Lipinski definition) is 6. The number of benzene rings is 8. The van der Waals surface area contributed by atoms with E-state index >= 15 is 0 Å². The predicted molar refractivity (Wildman–Crippen MR) is 275 cm³/mol. The van der Waals surface area contributed by atoms with Gasteiger partial charge >= 0.3 is 25.3 Å². The van der Waals surface area contributed by atoms with Crippen LogP contribution < -0.4 is 0 Å². The summed E-state index contributed by atoms with van der Waals surface area (Å²) >= 11 is -2.25. The van der Waals surface area contributed by atoms with Crippen LogP contribution in [0.4, 0.5) is 0 Å². The summed E-state index contributed by atoms with van der Waals surface area (Å²) in [5, 5.41) is 27.4. The molecule has 0 spiro atoms. The summed E-state index contributed by atoms with van der Waals surface area (Å²) < 4.78 is 21.8. The van der Waals surface area contributed by atoms with Crippen molar-refractivity contribution in [3.63, 3.8) is 0 Å². The monoisotopic (exact) mass is 1060 g/mol. The molecule has 0 amide bonds. The number of aryl methyl sites for hydroxylation is 4. The fraction of sp³-hybridized carbons (Fsp3) is 0.153. The van der Waals surface area contributed by atoms with Gasteiger partial charge in [-0.3, -0.25) is 9.98 Å². The zero-order chi connectivity index (χ0) is 47.7. The molecule has 0 saturated carbocycles. The normalized spacial score (nSPS) is 11.9. The van der Waals surface area contributed by atoms with E-state index in [1.807, 2.05) is 24.3 Å². The Bertz CT molecular complexity index is 3280. The Balaban J connectivity index is 0.00000188. The number of phenolic OH excluding ortho intramolecular Hbond substituents is 2. The van der Waals surface area contributed by atoms with Crippen LogP contribution in [0.1, 0.15) is 47.2 Å². The summed E-state index contributed by atoms with van der Waals surface area (Å²) in [6, 6.07) is 54.9. The van der Waals surface area contributed by atoms with Crippen LogP contribution in [-0.2, 0) is 25.3 Å². The van der Waals surface area contributed by atoms with E-state index < -0.39 is 18.5 Å². The molecule has 0 fully saturated rings. The van der Waals surface area contributed by atoms with E-state index in [1.54, 1.807) is 12.4 Å². The van der Waals surface area contributed by atoms with Crippen molar-refractivity contribution in [1.82, 2.24) is 9.13 Å². The third-order valence-electron chi connectivity index (χ3n) is 12.8. The minimum absolute atomic E-state index is 0.191. The maximum atomic E-state index is 11.2. The van der Waals surface area contributed by atoms with Crippen LogP contribution in [0.25, 0.3) is 77.2 Å². The van der Waals surface area contributed by atoms with Gasteiger partial charge in [-0.1, -0.05) is 98.8 Å². The third-order valence-corrected chi connectivity index (χ3v) is 12.8. The zero-order valence-corrected chi connectivity index (χ0v) is 41.9. The molecule has 338 valence electrons. The number of aliphatic imine (C=N–C) groups is 2. The Kier molecular flexibility index (Phi) is 12.8. The number of rotatable bonds is 10. The van der Waals surface area contributed by atoms with Gasteiger partial charge in [-0.05, 0) is 145 Å². The van der Waals surface area contributed by atoms with Crippen LogP contribution in [-0.4, -0.2) is 44.9 Å². The van der Waals surface area contributed by atoms with Crippen LogP contribution in [0.3, 0.4) is 0 Å². The molecule has 2 aromatic heterocycles. The van der Waals surface area contributed by atoms with Crippen LogP contribution in [0, 0.1) is 33.1 Å². The summed E-state index contributed by atoms with van der Waals surface area (Å²) in [5.74, 6) is 0.381. The number of aromatic hydroxyl groups is 2. The van der Waals surface area contributed by atoms with Crippen molar-refractivity contribution in [3.8, 4) is 45.1 Å². The molecule has 0 atom stereocenters. The van der Waals surface area contributed by atoms with Crippen molar-refractivity contribution in [2.75, 3.05) is 13.1 Å². The summed E-state index contributed by atoms with van der Waals surface area (Å²) in [5.41, 5.74) is 16.8. The van der Waals surface area contributed by atoms with Crippen molar-refractivity contribution < 1.29 is 35.5 Å². The summed E-state index contributed by atoms with van der Waals surface area (Å²) in [6.45, 7) is 13.8. The summed E-state index contributed by atoms with van der Waals surface area (Å²) in [7, 11) is 0. The van der Waals surface area contributed by atoms with Gasteiger partial charge in [0, 0.05) is 75.0 Å². The van der Waals surface area contributed by atoms with E-state index in [4.69, 9.17) is 16.8 Å². The Morgan fingerprint density at radius 3 is 1.06 bits per heavy atom. The molecule has 68 heavy (non-hydrogen) atoms. The molecule has 0 bridgehead atoms. The minimum atomic E-state index is -2.25. The Morgan fingerprint density at radius 1 is 0.471 bits per heavy atom. The zero-order valence-electron chi connectivity index (χ0n) is 39.0. The average molecular weight is 1060 g/mol. The molecule has 0 radical (unpaired) electrons. The summed E-state index contributed by atoms with van der Waals surface area (Å²) in [4.78, 5) is 9.49. The van der Waals surface area contributed by atoms with E-state index in [1.165, 1.54) is 43.6 Å². The van der Waals surface area contributed by atoms with Crippen molar-refractivity contribution in [1.29, 1.82) is 0 Å². The second-order valence-corrected chi connectivity index (χ2v) is 18.9. The SMILES string of the molecule is Cc1cc(-n2c3ccccc3c3ccccc32)cc(C)c1-c1ccc(C=NCC(C)(C)CN=Cc2ccc(-c3c(C)cc(-n4c5ccccc5c5ccccc54)cc3C)cc2O)c(O)c1.[O]=[W]=[O]. The Morgan fingerprint density at radius 2 is 0.765 bits per heavy atom. The van der Waals surface area contributed by atoms with Gasteiger partial charge in [0.2, 0.25) is 0 Å². The third kappa shape index (κ3) is 8.80. The van der Waals surface area contributed by atoms with Gasteiger partial charge in [0.25, 0.3) is 0 Å². The van der Waals surface area contributed by atoms with Gasteiger partial charge in [-0.2, -0.15) is 0 Å². The number of aromatic nitrogens is 2. The first-order valence-corrected chi connectivity index (χ1v) is 25.0. The van der Waals surface area contributed by atoms with E-state index in [2.05, 4.69) is 184 Å². The quantitative estimate of drug-likeness (QED) is 0.133. The van der Waals surface area contributed by atoms with E-state index in [0.29, 0.717) is 24.2 Å². The maximum absolute atomic E-state index is 11.2. The van der Waals surface area contributed by atoms with Gasteiger partial charge in [-0.15, -0.1) is 0 Å². The molecule has 10 rings (SSSR count). The van der Waals surface area contributed by atoms with E-state index in [-0.39, 0.29) is 16.9 Å². The van der Waals surface area contributed by atoms with Crippen LogP contribution in [0.15, 0.2) is 168 Å². The second kappa shape index (κ2) is 19.1. The molecule has 8 aromatic carbocycles. The Labute approximate surface area is 404 Å². The number of fused-ring (bicyclic) bond motifs is 6. The van der Waals surface area contributed by atoms with Gasteiger partial charge in [0.05, 0.1) is 22.1 Å². The molecule has 2 heterocycles. The standard InChI is InChI=1S/C59H52N4O2.2O.W/c1-37-27-45(62-51-19-11-7-15-47(51)48-16-8-12-20-52(48)62)28-38(2)57(37)41-23-25-43(55(64)31-41)33-60-35-59(5,6)36-61-34-44-26-24-42(32-56(44)65)58-39(3)29-46(30-40(58)4)63-53-21-13-9-17-49(53)50-18-10-14-22-54(50)63;;;/h7-34,64-65H,35-36H2,1-6H3;;;. The molecule has 9 heteroatoms. The molecule has 0 aliphatic carbocycles.